The van der Waals surface area contributed by atoms with Gasteiger partial charge >= 0.3 is 6.18 Å². The summed E-state index contributed by atoms with van der Waals surface area (Å²) in [4.78, 5) is 15.2. The number of nitrogens with one attached hydrogen (secondary N) is 2. The summed E-state index contributed by atoms with van der Waals surface area (Å²) in [6.07, 6.45) is -4.37. The van der Waals surface area contributed by atoms with Gasteiger partial charge in [-0.25, -0.2) is 0 Å². The zero-order chi connectivity index (χ0) is 17.9. The lowest BCUT2D eigenvalue weighted by molar-refractivity contribution is -0.153. The van der Waals surface area contributed by atoms with Gasteiger partial charge in [-0.1, -0.05) is 30.3 Å². The molecule has 0 aliphatic carbocycles. The number of aromatic nitrogens is 1. The number of hydrogen-bond acceptors (Lipinski definition) is 2. The molecule has 130 valence electrons. The molecule has 0 aliphatic heterocycles. The third kappa shape index (κ3) is 4.53. The van der Waals surface area contributed by atoms with Gasteiger partial charge in [0.25, 0.3) is 5.91 Å². The van der Waals surface area contributed by atoms with E-state index in [4.69, 9.17) is 0 Å². The molecule has 0 unspecified atom stereocenters. The first-order valence-electron chi connectivity index (χ1n) is 7.55. The second kappa shape index (κ2) is 6.88. The van der Waals surface area contributed by atoms with Crippen molar-refractivity contribution in [2.24, 2.45) is 0 Å². The summed E-state index contributed by atoms with van der Waals surface area (Å²) in [5.74, 6) is -0.128. The second-order valence-electron chi connectivity index (χ2n) is 5.50. The van der Waals surface area contributed by atoms with Crippen LogP contribution in [0, 0.1) is 0 Å². The number of halogens is 3. The largest absolute Gasteiger partial charge is 0.484 e. The first-order chi connectivity index (χ1) is 11.9. The van der Waals surface area contributed by atoms with Gasteiger partial charge < -0.3 is 15.0 Å². The van der Waals surface area contributed by atoms with Crippen LogP contribution >= 0.6 is 0 Å². The number of H-pyrrole nitrogens is 1. The van der Waals surface area contributed by atoms with Crippen LogP contribution in [0.2, 0.25) is 0 Å². The van der Waals surface area contributed by atoms with E-state index in [2.05, 4.69) is 15.0 Å². The summed E-state index contributed by atoms with van der Waals surface area (Å²) in [6.45, 7) is -1.07. The fourth-order valence-corrected chi connectivity index (χ4v) is 2.34. The monoisotopic (exact) mass is 348 g/mol. The van der Waals surface area contributed by atoms with Crippen LogP contribution in [-0.2, 0) is 6.54 Å². The van der Waals surface area contributed by atoms with Gasteiger partial charge in [0.05, 0.1) is 0 Å². The molecule has 1 amide bonds. The average Bonchev–Trinajstić information content (AvgIpc) is 3.02. The average molecular weight is 348 g/mol. The summed E-state index contributed by atoms with van der Waals surface area (Å²) in [6, 6.07) is 15.4. The number of amides is 1. The molecule has 1 heterocycles. The Morgan fingerprint density at radius 3 is 2.48 bits per heavy atom. The molecule has 1 aromatic heterocycles. The number of carbonyl (C=O) groups excluding carboxylic acids is 1. The van der Waals surface area contributed by atoms with Crippen LogP contribution < -0.4 is 10.1 Å². The molecule has 0 radical (unpaired) electrons. The van der Waals surface area contributed by atoms with Gasteiger partial charge in [-0.2, -0.15) is 13.2 Å². The standard InChI is InChI=1S/C18H15F3N2O2/c19-18(20,21)11-25-14-7-5-12(6-8-14)10-22-17(24)16-9-13-3-1-2-4-15(13)23-16/h1-9,23H,10-11H2,(H,22,24). The SMILES string of the molecule is O=C(NCc1ccc(OCC(F)(F)F)cc1)c1cc2ccccc2[nH]1. The maximum Gasteiger partial charge on any atom is 0.422 e. The minimum absolute atomic E-state index is 0.128. The Kier molecular flexibility index (Phi) is 4.65. The molecule has 25 heavy (non-hydrogen) atoms. The van der Waals surface area contributed by atoms with E-state index in [1.807, 2.05) is 24.3 Å². The Hall–Kier alpha value is -2.96. The number of ether oxygens (including phenoxy) is 1. The van der Waals surface area contributed by atoms with Crippen LogP contribution in [0.25, 0.3) is 10.9 Å². The molecule has 4 nitrogen and oxygen atoms in total. The molecule has 2 N–H and O–H groups in total. The van der Waals surface area contributed by atoms with Crippen molar-refractivity contribution in [1.82, 2.24) is 10.3 Å². The van der Waals surface area contributed by atoms with E-state index < -0.39 is 12.8 Å². The molecular weight excluding hydrogens is 333 g/mol. The van der Waals surface area contributed by atoms with Crippen molar-refractivity contribution >= 4 is 16.8 Å². The molecule has 0 aliphatic rings. The van der Waals surface area contributed by atoms with Gasteiger partial charge in [0, 0.05) is 17.4 Å². The van der Waals surface area contributed by atoms with E-state index in [0.717, 1.165) is 16.5 Å². The zero-order valence-corrected chi connectivity index (χ0v) is 13.1. The maximum atomic E-state index is 12.2. The Balaban J connectivity index is 1.56. The number of hydrogen-bond donors (Lipinski definition) is 2. The smallest absolute Gasteiger partial charge is 0.422 e. The van der Waals surface area contributed by atoms with Crippen molar-refractivity contribution in [3.8, 4) is 5.75 Å². The van der Waals surface area contributed by atoms with Crippen LogP contribution in [-0.4, -0.2) is 23.7 Å². The van der Waals surface area contributed by atoms with Gasteiger partial charge in [0.1, 0.15) is 11.4 Å². The van der Waals surface area contributed by atoms with E-state index in [0.29, 0.717) is 5.69 Å². The fraction of sp³-hybridized carbons (Fsp3) is 0.167. The number of alkyl halides is 3. The van der Waals surface area contributed by atoms with Crippen molar-refractivity contribution < 1.29 is 22.7 Å². The van der Waals surface area contributed by atoms with Crippen molar-refractivity contribution in [2.45, 2.75) is 12.7 Å². The molecule has 0 saturated carbocycles. The summed E-state index contributed by atoms with van der Waals surface area (Å²) >= 11 is 0. The van der Waals surface area contributed by atoms with Crippen LogP contribution in [0.4, 0.5) is 13.2 Å². The highest BCUT2D eigenvalue weighted by atomic mass is 19.4. The summed E-state index contributed by atoms with van der Waals surface area (Å²) in [5.41, 5.74) is 2.08. The Bertz CT molecular complexity index is 837. The molecule has 0 fully saturated rings. The van der Waals surface area contributed by atoms with Gasteiger partial charge in [0.15, 0.2) is 6.61 Å². The van der Waals surface area contributed by atoms with Gasteiger partial charge in [-0.3, -0.25) is 4.79 Å². The van der Waals surface area contributed by atoms with Gasteiger partial charge in [-0.05, 0) is 29.8 Å². The summed E-state index contributed by atoms with van der Waals surface area (Å²) < 4.78 is 40.9. The van der Waals surface area contributed by atoms with Crippen molar-refractivity contribution in [3.05, 3.63) is 65.9 Å². The number of rotatable bonds is 5. The molecule has 3 rings (SSSR count). The highest BCUT2D eigenvalue weighted by Crippen LogP contribution is 2.19. The topological polar surface area (TPSA) is 54.1 Å². The van der Waals surface area contributed by atoms with E-state index in [-0.39, 0.29) is 18.2 Å². The summed E-state index contributed by atoms with van der Waals surface area (Å²) in [7, 11) is 0. The number of carbonyl (C=O) groups is 1. The number of benzene rings is 2. The highest BCUT2D eigenvalue weighted by molar-refractivity contribution is 5.97. The minimum atomic E-state index is -4.37. The van der Waals surface area contributed by atoms with E-state index in [1.54, 1.807) is 18.2 Å². The number of aromatic amines is 1. The van der Waals surface area contributed by atoms with Crippen LogP contribution in [0.3, 0.4) is 0 Å². The van der Waals surface area contributed by atoms with Crippen molar-refractivity contribution in [2.75, 3.05) is 6.61 Å². The molecule has 0 atom stereocenters. The molecule has 7 heteroatoms. The molecular formula is C18H15F3N2O2. The lowest BCUT2D eigenvalue weighted by Gasteiger charge is -2.10. The van der Waals surface area contributed by atoms with Gasteiger partial charge in [0.2, 0.25) is 0 Å². The molecule has 3 aromatic rings. The molecule has 0 bridgehead atoms. The first-order valence-corrected chi connectivity index (χ1v) is 7.55. The minimum Gasteiger partial charge on any atom is -0.484 e. The summed E-state index contributed by atoms with van der Waals surface area (Å²) in [5, 5.41) is 3.70. The Morgan fingerprint density at radius 2 is 1.80 bits per heavy atom. The van der Waals surface area contributed by atoms with Gasteiger partial charge in [-0.15, -0.1) is 0 Å². The molecule has 0 saturated heterocycles. The number of fused-ring (bicyclic) bond motifs is 1. The highest BCUT2D eigenvalue weighted by Gasteiger charge is 2.28. The quantitative estimate of drug-likeness (QED) is 0.731. The van der Waals surface area contributed by atoms with E-state index in [1.165, 1.54) is 12.1 Å². The van der Waals surface area contributed by atoms with E-state index in [9.17, 15) is 18.0 Å². The zero-order valence-electron chi connectivity index (χ0n) is 13.1. The lowest BCUT2D eigenvalue weighted by atomic mass is 10.2. The molecule has 2 aromatic carbocycles. The Labute approximate surface area is 141 Å². The fourth-order valence-electron chi connectivity index (χ4n) is 2.34. The molecule has 0 spiro atoms. The normalized spacial score (nSPS) is 11.5. The van der Waals surface area contributed by atoms with Crippen LogP contribution in [0.1, 0.15) is 16.1 Å². The van der Waals surface area contributed by atoms with Crippen LogP contribution in [0.15, 0.2) is 54.6 Å². The Morgan fingerprint density at radius 1 is 1.08 bits per heavy atom. The third-order valence-corrected chi connectivity index (χ3v) is 3.55. The van der Waals surface area contributed by atoms with Crippen LogP contribution in [0.5, 0.6) is 5.75 Å². The third-order valence-electron chi connectivity index (χ3n) is 3.55. The maximum absolute atomic E-state index is 12.2. The number of para-hydroxylation sites is 1. The predicted molar refractivity (Wildman–Crippen MR) is 87.5 cm³/mol. The second-order valence-corrected chi connectivity index (χ2v) is 5.50. The van der Waals surface area contributed by atoms with Crippen molar-refractivity contribution in [3.63, 3.8) is 0 Å². The lowest BCUT2D eigenvalue weighted by Crippen LogP contribution is -2.23. The predicted octanol–water partition coefficient (Wildman–Crippen LogP) is 4.04. The van der Waals surface area contributed by atoms with Crippen molar-refractivity contribution in [1.29, 1.82) is 0 Å². The van der Waals surface area contributed by atoms with E-state index >= 15 is 0 Å². The first kappa shape index (κ1) is 16.9.